The molecule has 0 fully saturated rings. The van der Waals surface area contributed by atoms with Crippen LogP contribution in [-0.4, -0.2) is 28.3 Å². The Kier molecular flexibility index (Phi) is 5.77. The Bertz CT molecular complexity index is 901. The molecule has 0 N–H and O–H groups in total. The fourth-order valence-corrected chi connectivity index (χ4v) is 2.57. The first-order valence-electron chi connectivity index (χ1n) is 7.88. The first kappa shape index (κ1) is 18.9. The van der Waals surface area contributed by atoms with Crippen molar-refractivity contribution in [1.82, 2.24) is 4.48 Å². The van der Waals surface area contributed by atoms with Crippen LogP contribution >= 0.6 is 0 Å². The van der Waals surface area contributed by atoms with Gasteiger partial charge in [0.1, 0.15) is 17.1 Å². The van der Waals surface area contributed by atoms with Crippen molar-refractivity contribution in [2.45, 2.75) is 0 Å². The summed E-state index contributed by atoms with van der Waals surface area (Å²) in [6.45, 7) is 0. The van der Waals surface area contributed by atoms with Crippen LogP contribution in [0.15, 0.2) is 70.9 Å². The molecule has 0 saturated carbocycles. The second-order valence-electron chi connectivity index (χ2n) is 6.57. The summed E-state index contributed by atoms with van der Waals surface area (Å²) >= 11 is 0. The predicted molar refractivity (Wildman–Crippen MR) is 101 cm³/mol. The van der Waals surface area contributed by atoms with Gasteiger partial charge in [0.15, 0.2) is 0 Å². The van der Waals surface area contributed by atoms with Gasteiger partial charge in [-0.25, -0.2) is 0 Å². The molecule has 0 unspecified atom stereocenters. The maximum atomic E-state index is 5.33. The molecule has 25 heavy (non-hydrogen) atoms. The molecule has 0 aliphatic carbocycles. The third-order valence-electron chi connectivity index (χ3n) is 3.97. The minimum absolute atomic E-state index is 0. The van der Waals surface area contributed by atoms with Crippen LogP contribution in [0.1, 0.15) is 0 Å². The zero-order valence-electron chi connectivity index (χ0n) is 14.9. The highest BCUT2D eigenvalue weighted by molar-refractivity contribution is 5.94. The maximum absolute atomic E-state index is 5.33. The molecule has 3 aromatic carbocycles. The zero-order valence-corrected chi connectivity index (χ0v) is 15.7. The number of ether oxygens (including phenoxy) is 1. The third kappa shape index (κ3) is 4.16. The summed E-state index contributed by atoms with van der Waals surface area (Å²) < 4.78 is 6.09. The van der Waals surface area contributed by atoms with Crippen molar-refractivity contribution < 1.29 is 17.1 Å². The number of para-hydroxylation sites is 1. The molecule has 0 spiro atoms. The topological polar surface area (TPSA) is 34.0 Å². The van der Waals surface area contributed by atoms with Gasteiger partial charge in [0, 0.05) is 11.5 Å². The van der Waals surface area contributed by atoms with Crippen LogP contribution in [0.4, 0.5) is 17.1 Å². The van der Waals surface area contributed by atoms with Gasteiger partial charge in [-0.1, -0.05) is 24.3 Å². The molecule has 0 heterocycles. The Morgan fingerprint density at radius 1 is 0.800 bits per heavy atom. The summed E-state index contributed by atoms with van der Waals surface area (Å²) in [5.74, 6) is 0.716. The van der Waals surface area contributed by atoms with Gasteiger partial charge in [0.2, 0.25) is 0 Å². The molecule has 3 rings (SSSR count). The average Bonchev–Trinajstić information content (AvgIpc) is 2.58. The minimum atomic E-state index is 0. The Morgan fingerprint density at radius 3 is 2.20 bits per heavy atom. The third-order valence-corrected chi connectivity index (χ3v) is 3.97. The predicted octanol–water partition coefficient (Wildman–Crippen LogP) is 2.46. The molecule has 0 atom stereocenters. The summed E-state index contributed by atoms with van der Waals surface area (Å²) in [6.07, 6.45) is 0. The van der Waals surface area contributed by atoms with Gasteiger partial charge in [-0.2, -0.15) is 0 Å². The quantitative estimate of drug-likeness (QED) is 0.523. The molecular weight excluding hydrogens is 334 g/mol. The lowest BCUT2D eigenvalue weighted by atomic mass is 10.1. The normalized spacial score (nSPS) is 11.5. The minimum Gasteiger partial charge on any atom is -1.00 e. The van der Waals surface area contributed by atoms with Crippen molar-refractivity contribution in [3.8, 4) is 5.75 Å². The zero-order chi connectivity index (χ0) is 17.2. The number of benzene rings is 3. The van der Waals surface area contributed by atoms with Crippen molar-refractivity contribution >= 4 is 27.8 Å². The lowest BCUT2D eigenvalue weighted by Crippen LogP contribution is -3.00. The molecule has 0 radical (unpaired) electrons. The van der Waals surface area contributed by atoms with Gasteiger partial charge in [-0.3, -0.25) is 4.48 Å². The average molecular weight is 356 g/mol. The van der Waals surface area contributed by atoms with Crippen LogP contribution in [0.2, 0.25) is 0 Å². The molecule has 0 aromatic heterocycles. The summed E-state index contributed by atoms with van der Waals surface area (Å²) in [5.41, 5.74) is 2.80. The van der Waals surface area contributed by atoms with Crippen molar-refractivity contribution in [2.75, 3.05) is 28.3 Å². The van der Waals surface area contributed by atoms with Crippen molar-refractivity contribution in [3.63, 3.8) is 0 Å². The first-order chi connectivity index (χ1) is 11.5. The van der Waals surface area contributed by atoms with E-state index in [0.717, 1.165) is 26.6 Å². The van der Waals surface area contributed by atoms with Gasteiger partial charge in [-0.05, 0) is 35.7 Å². The van der Waals surface area contributed by atoms with E-state index in [1.807, 2.05) is 36.4 Å². The number of hydrogen-bond acceptors (Lipinski definition) is 3. The van der Waals surface area contributed by atoms with Gasteiger partial charge in [-0.15, -0.1) is 10.2 Å². The van der Waals surface area contributed by atoms with Gasteiger partial charge in [0.05, 0.1) is 33.9 Å². The van der Waals surface area contributed by atoms with Crippen LogP contribution in [-0.2, 0) is 0 Å². The summed E-state index contributed by atoms with van der Waals surface area (Å²) in [7, 11) is 8.10. The standard InChI is InChI=1S/C20H22N3O.ClH/c1-23(2,3)16-13-12-15-8-7-10-18(17(15)14-16)21-22-19-9-5-6-11-20(19)24-4;/h5-14H,1-4H3;1H/q+1;/p-1. The molecule has 0 aliphatic heterocycles. The van der Waals surface area contributed by atoms with E-state index in [1.54, 1.807) is 7.11 Å². The monoisotopic (exact) mass is 355 g/mol. The van der Waals surface area contributed by atoms with Crippen LogP contribution in [0.3, 0.4) is 0 Å². The van der Waals surface area contributed by atoms with E-state index in [2.05, 4.69) is 55.6 Å². The molecule has 0 amide bonds. The summed E-state index contributed by atoms with van der Waals surface area (Å²) in [4.78, 5) is 0. The second kappa shape index (κ2) is 7.64. The number of nitrogens with zero attached hydrogens (tertiary/aromatic N) is 3. The van der Waals surface area contributed by atoms with Crippen molar-refractivity contribution in [1.29, 1.82) is 0 Å². The van der Waals surface area contributed by atoms with Crippen LogP contribution in [0.5, 0.6) is 5.75 Å². The van der Waals surface area contributed by atoms with Crippen molar-refractivity contribution in [3.05, 3.63) is 60.7 Å². The fraction of sp³-hybridized carbons (Fsp3) is 0.200. The smallest absolute Gasteiger partial charge is 0.146 e. The van der Waals surface area contributed by atoms with E-state index >= 15 is 0 Å². The Labute approximate surface area is 154 Å². The van der Waals surface area contributed by atoms with Gasteiger partial charge in [0.25, 0.3) is 0 Å². The van der Waals surface area contributed by atoms with E-state index in [4.69, 9.17) is 4.74 Å². The molecule has 0 saturated heterocycles. The lowest BCUT2D eigenvalue weighted by molar-refractivity contribution is -0.00000538. The molecule has 0 aliphatic rings. The molecule has 4 nitrogen and oxygen atoms in total. The Hall–Kier alpha value is -2.43. The number of halogens is 1. The van der Waals surface area contributed by atoms with E-state index in [-0.39, 0.29) is 12.4 Å². The number of azo groups is 1. The highest BCUT2D eigenvalue weighted by Gasteiger charge is 2.13. The number of rotatable bonds is 4. The van der Waals surface area contributed by atoms with Crippen LogP contribution in [0.25, 0.3) is 10.8 Å². The second-order valence-corrected chi connectivity index (χ2v) is 6.57. The van der Waals surface area contributed by atoms with E-state index in [9.17, 15) is 0 Å². The fourth-order valence-electron chi connectivity index (χ4n) is 2.57. The van der Waals surface area contributed by atoms with Crippen LogP contribution in [0, 0.1) is 0 Å². The summed E-state index contributed by atoms with van der Waals surface area (Å²) in [6, 6.07) is 20.2. The Morgan fingerprint density at radius 2 is 1.48 bits per heavy atom. The van der Waals surface area contributed by atoms with Gasteiger partial charge < -0.3 is 17.1 Å². The van der Waals surface area contributed by atoms with E-state index < -0.39 is 0 Å². The molecule has 0 bridgehead atoms. The highest BCUT2D eigenvalue weighted by Crippen LogP contribution is 2.33. The van der Waals surface area contributed by atoms with E-state index in [1.165, 1.54) is 5.69 Å². The van der Waals surface area contributed by atoms with Crippen LogP contribution < -0.4 is 21.6 Å². The lowest BCUT2D eigenvalue weighted by Gasteiger charge is -2.23. The Balaban J connectivity index is 0.00000225. The molecule has 130 valence electrons. The van der Waals surface area contributed by atoms with Gasteiger partial charge >= 0.3 is 0 Å². The maximum Gasteiger partial charge on any atom is 0.146 e. The number of hydrogen-bond donors (Lipinski definition) is 0. The first-order valence-corrected chi connectivity index (χ1v) is 7.88. The number of quaternary nitrogens is 1. The highest BCUT2D eigenvalue weighted by atomic mass is 35.5. The molecule has 3 aromatic rings. The van der Waals surface area contributed by atoms with Crippen molar-refractivity contribution in [2.24, 2.45) is 10.2 Å². The molecule has 5 heteroatoms. The summed E-state index contributed by atoms with van der Waals surface area (Å²) in [5, 5.41) is 11.1. The molecular formula is C20H22ClN3O. The van der Waals surface area contributed by atoms with E-state index in [0.29, 0.717) is 5.75 Å². The number of methoxy groups -OCH3 is 1. The number of fused-ring (bicyclic) bond motifs is 1. The SMILES string of the molecule is COc1ccccc1N=Nc1cccc2ccc([N+](C)(C)C)cc12.[Cl-]. The largest absolute Gasteiger partial charge is 1.00 e.